The lowest BCUT2D eigenvalue weighted by Gasteiger charge is -2.37. The van der Waals surface area contributed by atoms with Gasteiger partial charge in [0.2, 0.25) is 17.7 Å². The summed E-state index contributed by atoms with van der Waals surface area (Å²) < 4.78 is 5.65. The first-order valence-electron chi connectivity index (χ1n) is 12.8. The van der Waals surface area contributed by atoms with Gasteiger partial charge < -0.3 is 9.64 Å². The molecule has 0 aromatic heterocycles. The minimum Gasteiger partial charge on any atom is -0.426 e. The molecule has 2 saturated carbocycles. The van der Waals surface area contributed by atoms with Crippen molar-refractivity contribution in [1.82, 2.24) is 0 Å². The molecule has 188 valence electrons. The summed E-state index contributed by atoms with van der Waals surface area (Å²) in [6.07, 6.45) is 5.43. The van der Waals surface area contributed by atoms with Crippen LogP contribution in [0.5, 0.6) is 5.75 Å². The normalized spacial score (nSPS) is 33.1. The van der Waals surface area contributed by atoms with E-state index in [1.807, 2.05) is 13.0 Å². The summed E-state index contributed by atoms with van der Waals surface area (Å²) in [4.78, 5) is 55.4. The maximum Gasteiger partial charge on any atom is 0.316 e. The third kappa shape index (κ3) is 3.33. The monoisotopic (exact) mass is 516 g/mol. The Morgan fingerprint density at radius 2 is 1.65 bits per heavy atom. The fraction of sp³-hybridized carbons (Fsp3) is 0.379. The number of hydrogen-bond acceptors (Lipinski definition) is 5. The highest BCUT2D eigenvalue weighted by Gasteiger charge is 2.67. The van der Waals surface area contributed by atoms with Gasteiger partial charge in [-0.1, -0.05) is 35.9 Å². The maximum absolute atomic E-state index is 13.4. The molecule has 2 aromatic rings. The number of ether oxygens (including phenoxy) is 1. The molecule has 2 bridgehead atoms. The lowest BCUT2D eigenvalue weighted by molar-refractivity contribution is -0.139. The van der Waals surface area contributed by atoms with Crippen molar-refractivity contribution in [2.75, 3.05) is 16.3 Å². The molecule has 2 aliphatic heterocycles. The van der Waals surface area contributed by atoms with Crippen molar-refractivity contribution in [2.24, 2.45) is 41.4 Å². The van der Waals surface area contributed by atoms with Crippen LogP contribution in [0.3, 0.4) is 0 Å². The van der Waals surface area contributed by atoms with Crippen molar-refractivity contribution in [3.63, 3.8) is 0 Å². The van der Waals surface area contributed by atoms with Crippen LogP contribution in [0, 0.1) is 48.3 Å². The van der Waals surface area contributed by atoms with Gasteiger partial charge >= 0.3 is 5.97 Å². The van der Waals surface area contributed by atoms with Crippen LogP contribution in [-0.2, 0) is 19.2 Å². The second-order valence-corrected chi connectivity index (χ2v) is 11.3. The Balaban J connectivity index is 1.08. The van der Waals surface area contributed by atoms with Gasteiger partial charge in [-0.15, -0.1) is 0 Å². The van der Waals surface area contributed by atoms with Crippen molar-refractivity contribution in [2.45, 2.75) is 19.8 Å². The Bertz CT molecular complexity index is 1380. The van der Waals surface area contributed by atoms with Crippen LogP contribution in [0.1, 0.15) is 18.4 Å². The van der Waals surface area contributed by atoms with Crippen LogP contribution < -0.4 is 14.5 Å². The van der Waals surface area contributed by atoms with Crippen LogP contribution in [-0.4, -0.2) is 30.2 Å². The first kappa shape index (κ1) is 22.7. The average Bonchev–Trinajstić information content (AvgIpc) is 3.56. The minimum absolute atomic E-state index is 0.0368. The van der Waals surface area contributed by atoms with E-state index in [4.69, 9.17) is 16.3 Å². The van der Waals surface area contributed by atoms with E-state index < -0.39 is 11.9 Å². The van der Waals surface area contributed by atoms with Gasteiger partial charge in [0.05, 0.1) is 23.4 Å². The fourth-order valence-electron chi connectivity index (χ4n) is 7.08. The summed E-state index contributed by atoms with van der Waals surface area (Å²) >= 11 is 6.22. The first-order valence-corrected chi connectivity index (χ1v) is 13.1. The van der Waals surface area contributed by atoms with E-state index in [0.29, 0.717) is 28.2 Å². The van der Waals surface area contributed by atoms with Gasteiger partial charge in [0.15, 0.2) is 0 Å². The number of amides is 3. The Hall–Kier alpha value is -3.45. The minimum atomic E-state index is -0.638. The molecule has 8 rings (SSSR count). The molecule has 7 atom stereocenters. The Labute approximate surface area is 219 Å². The van der Waals surface area contributed by atoms with Gasteiger partial charge in [-0.2, -0.15) is 0 Å². The molecular weight excluding hydrogens is 492 g/mol. The standard InChI is InChI=1S/C29H25ClN2O5/c1-14-22(30)6-3-7-23(14)31-13-15(10-24(31)33)29(36)37-17-5-2-4-16(11-17)32-27(34)25-18-8-9-19(21-12-20(18)21)26(25)28(32)35/h2-9,11,15,18-21,25-26H,10,12-13H2,1H3/t15-,18+,19+,20+,21+,25-,26-/m1/s1. The lowest BCUT2D eigenvalue weighted by atomic mass is 9.63. The van der Waals surface area contributed by atoms with E-state index >= 15 is 0 Å². The number of benzene rings is 2. The molecule has 37 heavy (non-hydrogen) atoms. The quantitative estimate of drug-likeness (QED) is 0.264. The summed E-state index contributed by atoms with van der Waals surface area (Å²) in [6.45, 7) is 2.03. The molecule has 0 spiro atoms. The van der Waals surface area contributed by atoms with Crippen LogP contribution in [0.15, 0.2) is 54.6 Å². The molecule has 2 aromatic carbocycles. The average molecular weight is 517 g/mol. The predicted molar refractivity (Wildman–Crippen MR) is 136 cm³/mol. The number of esters is 1. The number of halogens is 1. The topological polar surface area (TPSA) is 84.0 Å². The molecule has 8 heteroatoms. The van der Waals surface area contributed by atoms with E-state index in [0.717, 1.165) is 12.0 Å². The maximum atomic E-state index is 13.4. The first-order chi connectivity index (χ1) is 17.8. The molecule has 0 N–H and O–H groups in total. The zero-order valence-corrected chi connectivity index (χ0v) is 20.9. The molecule has 0 radical (unpaired) electrons. The summed E-state index contributed by atoms with van der Waals surface area (Å²) in [5, 5.41) is 0.555. The van der Waals surface area contributed by atoms with E-state index in [2.05, 4.69) is 12.2 Å². The number of carbonyl (C=O) groups is 4. The Morgan fingerprint density at radius 1 is 0.973 bits per heavy atom. The summed E-state index contributed by atoms with van der Waals surface area (Å²) in [5.74, 6) is -0.621. The Kier molecular flexibility index (Phi) is 4.93. The SMILES string of the molecule is Cc1c(Cl)cccc1N1C[C@H](C(=O)Oc2cccc(N3C(=O)[C@@H]4[C@H]5C=C[C@@H]([C@@H]6C[C@@H]56)[C@H]4C3=O)c2)CC1=O. The number of allylic oxidation sites excluding steroid dienone is 2. The summed E-state index contributed by atoms with van der Waals surface area (Å²) in [6, 6.07) is 11.9. The van der Waals surface area contributed by atoms with Gasteiger partial charge in [-0.3, -0.25) is 19.2 Å². The number of anilines is 2. The lowest BCUT2D eigenvalue weighted by Crippen LogP contribution is -2.40. The van der Waals surface area contributed by atoms with Crippen LogP contribution >= 0.6 is 11.6 Å². The molecule has 4 fully saturated rings. The largest absolute Gasteiger partial charge is 0.426 e. The zero-order valence-electron chi connectivity index (χ0n) is 20.2. The van der Waals surface area contributed by atoms with E-state index in [9.17, 15) is 19.2 Å². The van der Waals surface area contributed by atoms with Crippen molar-refractivity contribution in [1.29, 1.82) is 0 Å². The van der Waals surface area contributed by atoms with Crippen molar-refractivity contribution in [3.05, 3.63) is 65.2 Å². The molecule has 2 heterocycles. The number of carbonyl (C=O) groups excluding carboxylic acids is 4. The predicted octanol–water partition coefficient (Wildman–Crippen LogP) is 4.16. The van der Waals surface area contributed by atoms with Crippen LogP contribution in [0.25, 0.3) is 0 Å². The highest BCUT2D eigenvalue weighted by molar-refractivity contribution is 6.31. The van der Waals surface area contributed by atoms with Gasteiger partial charge in [-0.05, 0) is 66.8 Å². The third-order valence-corrected chi connectivity index (χ3v) is 9.35. The van der Waals surface area contributed by atoms with E-state index in [1.165, 1.54) is 4.90 Å². The molecule has 3 amide bonds. The molecule has 4 aliphatic carbocycles. The number of rotatable bonds is 4. The highest BCUT2D eigenvalue weighted by atomic mass is 35.5. The number of nitrogens with zero attached hydrogens (tertiary/aromatic N) is 2. The number of hydrogen-bond donors (Lipinski definition) is 0. The zero-order chi connectivity index (χ0) is 25.6. The summed E-state index contributed by atoms with van der Waals surface area (Å²) in [7, 11) is 0. The van der Waals surface area contributed by atoms with Gasteiger partial charge in [0, 0.05) is 29.7 Å². The highest BCUT2D eigenvalue weighted by Crippen LogP contribution is 2.65. The summed E-state index contributed by atoms with van der Waals surface area (Å²) in [5.41, 5.74) is 1.88. The molecule has 6 aliphatic rings. The fourth-order valence-corrected chi connectivity index (χ4v) is 7.25. The van der Waals surface area contributed by atoms with Crippen molar-refractivity contribution < 1.29 is 23.9 Å². The van der Waals surface area contributed by atoms with Gasteiger partial charge in [0.25, 0.3) is 0 Å². The van der Waals surface area contributed by atoms with Crippen molar-refractivity contribution in [3.8, 4) is 5.75 Å². The smallest absolute Gasteiger partial charge is 0.316 e. The molecule has 0 unspecified atom stereocenters. The second kappa shape index (κ2) is 8.02. The molecule has 7 nitrogen and oxygen atoms in total. The van der Waals surface area contributed by atoms with E-state index in [1.54, 1.807) is 41.3 Å². The number of imide groups is 1. The van der Waals surface area contributed by atoms with Crippen LogP contribution in [0.2, 0.25) is 5.02 Å². The third-order valence-electron chi connectivity index (χ3n) is 8.95. The molecule has 2 saturated heterocycles. The van der Waals surface area contributed by atoms with Crippen molar-refractivity contribution >= 4 is 46.7 Å². The second-order valence-electron chi connectivity index (χ2n) is 10.9. The van der Waals surface area contributed by atoms with Gasteiger partial charge in [0.1, 0.15) is 5.75 Å². The molecular formula is C29H25ClN2O5. The van der Waals surface area contributed by atoms with Crippen LogP contribution in [0.4, 0.5) is 11.4 Å². The van der Waals surface area contributed by atoms with Gasteiger partial charge in [-0.25, -0.2) is 4.90 Å². The Morgan fingerprint density at radius 3 is 2.35 bits per heavy atom. The van der Waals surface area contributed by atoms with E-state index in [-0.39, 0.29) is 60.1 Å².